The van der Waals surface area contributed by atoms with Gasteiger partial charge in [0.05, 0.1) is 18.8 Å². The summed E-state index contributed by atoms with van der Waals surface area (Å²) in [6, 6.07) is 3.75. The summed E-state index contributed by atoms with van der Waals surface area (Å²) in [5.74, 6) is -0.351. The van der Waals surface area contributed by atoms with Crippen LogP contribution in [0.25, 0.3) is 0 Å². The summed E-state index contributed by atoms with van der Waals surface area (Å²) >= 11 is 0. The molecular formula is C19H25N5O2. The molecule has 0 bridgehead atoms. The van der Waals surface area contributed by atoms with Crippen molar-refractivity contribution in [3.8, 4) is 0 Å². The summed E-state index contributed by atoms with van der Waals surface area (Å²) < 4.78 is 0. The van der Waals surface area contributed by atoms with Gasteiger partial charge in [-0.05, 0) is 57.0 Å². The number of carbonyl (C=O) groups is 2. The third-order valence-electron chi connectivity index (χ3n) is 4.08. The maximum absolute atomic E-state index is 12.5. The van der Waals surface area contributed by atoms with Gasteiger partial charge in [0.1, 0.15) is 5.69 Å². The Morgan fingerprint density at radius 2 is 1.85 bits per heavy atom. The van der Waals surface area contributed by atoms with E-state index in [1.165, 1.54) is 13.0 Å². The van der Waals surface area contributed by atoms with Gasteiger partial charge in [0, 0.05) is 18.3 Å². The van der Waals surface area contributed by atoms with Gasteiger partial charge in [-0.15, -0.1) is 0 Å². The lowest BCUT2D eigenvalue weighted by atomic mass is 10.1. The molecule has 1 aromatic heterocycles. The van der Waals surface area contributed by atoms with E-state index < -0.39 is 0 Å². The molecule has 0 aliphatic heterocycles. The number of aryl methyl sites for hydroxylation is 4. The normalized spacial score (nSPS) is 10.5. The van der Waals surface area contributed by atoms with Crippen molar-refractivity contribution in [2.45, 2.75) is 47.7 Å². The topological polar surface area (TPSA) is 80.1 Å². The molecule has 0 unspecified atom stereocenters. The average molecular weight is 355 g/mol. The summed E-state index contributed by atoms with van der Waals surface area (Å²) in [5.41, 5.74) is 4.78. The van der Waals surface area contributed by atoms with E-state index in [2.05, 4.69) is 22.1 Å². The van der Waals surface area contributed by atoms with Gasteiger partial charge in [-0.1, -0.05) is 6.58 Å². The smallest absolute Gasteiger partial charge is 0.250 e. The Balaban J connectivity index is 2.44. The van der Waals surface area contributed by atoms with Gasteiger partial charge in [0.15, 0.2) is 0 Å². The van der Waals surface area contributed by atoms with Gasteiger partial charge >= 0.3 is 0 Å². The van der Waals surface area contributed by atoms with Crippen molar-refractivity contribution >= 4 is 23.2 Å². The first-order valence-corrected chi connectivity index (χ1v) is 8.50. The third kappa shape index (κ3) is 4.17. The summed E-state index contributed by atoms with van der Waals surface area (Å²) in [4.78, 5) is 27.1. The highest BCUT2D eigenvalue weighted by Gasteiger charge is 2.19. The molecule has 2 amide bonds. The lowest BCUT2D eigenvalue weighted by molar-refractivity contribution is -0.115. The van der Waals surface area contributed by atoms with Gasteiger partial charge < -0.3 is 10.2 Å². The van der Waals surface area contributed by atoms with Crippen LogP contribution in [0.15, 0.2) is 24.8 Å². The standard InChI is InChI=1S/C19H25N5O2/c1-7-18(26)23(11-17-14(5)21-24(8-2)22-17)16-9-12(3)19(13(4)10-16)20-15(6)25/h7,9-10H,1,8,11H2,2-6H3,(H,20,25). The number of rotatable bonds is 6. The van der Waals surface area contributed by atoms with E-state index in [9.17, 15) is 9.59 Å². The van der Waals surface area contributed by atoms with Crippen LogP contribution in [0.3, 0.4) is 0 Å². The largest absolute Gasteiger partial charge is 0.326 e. The molecule has 0 radical (unpaired) electrons. The van der Waals surface area contributed by atoms with Gasteiger partial charge in [-0.3, -0.25) is 9.59 Å². The van der Waals surface area contributed by atoms with Gasteiger partial charge in [-0.2, -0.15) is 15.0 Å². The summed E-state index contributed by atoms with van der Waals surface area (Å²) in [6.07, 6.45) is 1.28. The molecule has 1 N–H and O–H groups in total. The van der Waals surface area contributed by atoms with Crippen molar-refractivity contribution in [3.63, 3.8) is 0 Å². The molecule has 0 aliphatic carbocycles. The van der Waals surface area contributed by atoms with Gasteiger partial charge in [-0.25, -0.2) is 0 Å². The second-order valence-electron chi connectivity index (χ2n) is 6.18. The number of benzene rings is 1. The molecule has 26 heavy (non-hydrogen) atoms. The van der Waals surface area contributed by atoms with E-state index in [0.717, 1.165) is 33.9 Å². The zero-order chi connectivity index (χ0) is 19.4. The van der Waals surface area contributed by atoms with Crippen LogP contribution in [-0.4, -0.2) is 26.8 Å². The number of hydrogen-bond acceptors (Lipinski definition) is 4. The summed E-state index contributed by atoms with van der Waals surface area (Å²) in [6.45, 7) is 13.7. The number of nitrogens with one attached hydrogen (secondary N) is 1. The fourth-order valence-electron chi connectivity index (χ4n) is 2.78. The van der Waals surface area contributed by atoms with Crippen molar-refractivity contribution in [1.29, 1.82) is 0 Å². The minimum Gasteiger partial charge on any atom is -0.326 e. The molecule has 7 heteroatoms. The first-order valence-electron chi connectivity index (χ1n) is 8.50. The molecule has 1 aromatic carbocycles. The number of amides is 2. The second kappa shape index (κ2) is 7.95. The van der Waals surface area contributed by atoms with Crippen molar-refractivity contribution in [2.24, 2.45) is 0 Å². The van der Waals surface area contributed by atoms with E-state index >= 15 is 0 Å². The summed E-state index contributed by atoms with van der Waals surface area (Å²) in [5, 5.41) is 11.6. The van der Waals surface area contributed by atoms with Crippen molar-refractivity contribution in [2.75, 3.05) is 10.2 Å². The zero-order valence-electron chi connectivity index (χ0n) is 16.0. The Labute approximate surface area is 153 Å². The van der Waals surface area contributed by atoms with Crippen LogP contribution in [0.2, 0.25) is 0 Å². The van der Waals surface area contributed by atoms with E-state index in [1.54, 1.807) is 9.70 Å². The predicted octanol–water partition coefficient (Wildman–Crippen LogP) is 2.90. The molecular weight excluding hydrogens is 330 g/mol. The SMILES string of the molecule is C=CC(=O)N(Cc1nn(CC)nc1C)c1cc(C)c(NC(C)=O)c(C)c1. The van der Waals surface area contributed by atoms with Crippen LogP contribution < -0.4 is 10.2 Å². The lowest BCUT2D eigenvalue weighted by Gasteiger charge is -2.23. The van der Waals surface area contributed by atoms with Crippen LogP contribution >= 0.6 is 0 Å². The van der Waals surface area contributed by atoms with E-state index in [4.69, 9.17) is 0 Å². The maximum Gasteiger partial charge on any atom is 0.250 e. The monoisotopic (exact) mass is 355 g/mol. The molecule has 2 aromatic rings. The molecule has 0 saturated carbocycles. The van der Waals surface area contributed by atoms with Crippen molar-refractivity contribution < 1.29 is 9.59 Å². The number of carbonyl (C=O) groups excluding carboxylic acids is 2. The molecule has 1 heterocycles. The van der Waals surface area contributed by atoms with Gasteiger partial charge in [0.2, 0.25) is 5.91 Å². The first kappa shape index (κ1) is 19.4. The van der Waals surface area contributed by atoms with E-state index in [-0.39, 0.29) is 11.8 Å². The average Bonchev–Trinajstić information content (AvgIpc) is 2.94. The van der Waals surface area contributed by atoms with Crippen LogP contribution in [-0.2, 0) is 22.7 Å². The Morgan fingerprint density at radius 1 is 1.23 bits per heavy atom. The van der Waals surface area contributed by atoms with E-state index in [1.807, 2.05) is 39.8 Å². The number of aromatic nitrogens is 3. The number of anilines is 2. The molecule has 0 fully saturated rings. The highest BCUT2D eigenvalue weighted by molar-refractivity contribution is 6.01. The fraction of sp³-hybridized carbons (Fsp3) is 0.368. The molecule has 2 rings (SSSR count). The Kier molecular flexibility index (Phi) is 5.92. The van der Waals surface area contributed by atoms with Crippen LogP contribution in [0.1, 0.15) is 36.4 Å². The lowest BCUT2D eigenvalue weighted by Crippen LogP contribution is -2.29. The third-order valence-corrected chi connectivity index (χ3v) is 4.08. The molecule has 7 nitrogen and oxygen atoms in total. The molecule has 138 valence electrons. The van der Waals surface area contributed by atoms with Crippen LogP contribution in [0.5, 0.6) is 0 Å². The number of nitrogens with zero attached hydrogens (tertiary/aromatic N) is 4. The minimum absolute atomic E-state index is 0.130. The zero-order valence-corrected chi connectivity index (χ0v) is 16.0. The Bertz CT molecular complexity index is 831. The Morgan fingerprint density at radius 3 is 2.31 bits per heavy atom. The molecule has 0 spiro atoms. The quantitative estimate of drug-likeness (QED) is 0.808. The first-order chi connectivity index (χ1) is 12.3. The van der Waals surface area contributed by atoms with Crippen LogP contribution in [0, 0.1) is 20.8 Å². The second-order valence-corrected chi connectivity index (χ2v) is 6.18. The predicted molar refractivity (Wildman–Crippen MR) is 102 cm³/mol. The van der Waals surface area contributed by atoms with Crippen molar-refractivity contribution in [3.05, 3.63) is 47.3 Å². The van der Waals surface area contributed by atoms with E-state index in [0.29, 0.717) is 13.1 Å². The molecule has 0 aliphatic rings. The molecule has 0 saturated heterocycles. The Hall–Kier alpha value is -2.96. The van der Waals surface area contributed by atoms with Gasteiger partial charge in [0.25, 0.3) is 5.91 Å². The maximum atomic E-state index is 12.5. The highest BCUT2D eigenvalue weighted by atomic mass is 16.2. The minimum atomic E-state index is -0.221. The molecule has 0 atom stereocenters. The highest BCUT2D eigenvalue weighted by Crippen LogP contribution is 2.28. The van der Waals surface area contributed by atoms with Crippen molar-refractivity contribution in [1.82, 2.24) is 15.0 Å². The number of hydrogen-bond donors (Lipinski definition) is 1. The van der Waals surface area contributed by atoms with Crippen LogP contribution in [0.4, 0.5) is 11.4 Å². The summed E-state index contributed by atoms with van der Waals surface area (Å²) in [7, 11) is 0. The fourth-order valence-corrected chi connectivity index (χ4v) is 2.78.